The molecule has 176 valence electrons. The van der Waals surface area contributed by atoms with E-state index in [1.807, 2.05) is 51.1 Å². The summed E-state index contributed by atoms with van der Waals surface area (Å²) in [6.07, 6.45) is 0. The number of nitrogens with zero attached hydrogens (tertiary/aromatic N) is 4. The minimum absolute atomic E-state index is 0.0927. The number of amides is 1. The second-order valence-corrected chi connectivity index (χ2v) is 10.4. The fourth-order valence-electron chi connectivity index (χ4n) is 3.44. The van der Waals surface area contributed by atoms with Gasteiger partial charge in [0.1, 0.15) is 0 Å². The van der Waals surface area contributed by atoms with Gasteiger partial charge in [-0.1, -0.05) is 68.1 Å². The van der Waals surface area contributed by atoms with Crippen LogP contribution >= 0.6 is 11.8 Å². The maximum Gasteiger partial charge on any atom is 0.243 e. The SMILES string of the molecule is CCN(CC)S(=O)(=O)c1cccc(-c2nnc(SCC(=O)N[C@@H](C)c3ccccc3)n2C)c1. The van der Waals surface area contributed by atoms with Gasteiger partial charge in [0, 0.05) is 25.7 Å². The number of carbonyl (C=O) groups is 1. The standard InChI is InChI=1S/C23H29N5O3S2/c1-5-28(6-2)33(30,31)20-14-10-13-19(15-20)22-25-26-23(27(22)4)32-16-21(29)24-17(3)18-11-8-7-9-12-18/h7-15,17H,5-6,16H2,1-4H3,(H,24,29)/t17-/m0/s1. The Bertz CT molecular complexity index is 1190. The third kappa shape index (κ3) is 5.82. The van der Waals surface area contributed by atoms with Crippen molar-refractivity contribution >= 4 is 27.7 Å². The first-order chi connectivity index (χ1) is 15.8. The van der Waals surface area contributed by atoms with Crippen molar-refractivity contribution in [1.29, 1.82) is 0 Å². The monoisotopic (exact) mass is 487 g/mol. The van der Waals surface area contributed by atoms with Crippen LogP contribution in [0.1, 0.15) is 32.4 Å². The Morgan fingerprint density at radius 1 is 1.09 bits per heavy atom. The van der Waals surface area contributed by atoms with Crippen molar-refractivity contribution in [2.75, 3.05) is 18.8 Å². The summed E-state index contributed by atoms with van der Waals surface area (Å²) in [6, 6.07) is 16.4. The summed E-state index contributed by atoms with van der Waals surface area (Å²) in [5.41, 5.74) is 1.68. The van der Waals surface area contributed by atoms with Crippen LogP contribution < -0.4 is 5.32 Å². The molecular weight excluding hydrogens is 458 g/mol. The first-order valence-electron chi connectivity index (χ1n) is 10.7. The molecule has 1 amide bonds. The zero-order valence-electron chi connectivity index (χ0n) is 19.2. The number of aromatic nitrogens is 3. The fourth-order valence-corrected chi connectivity index (χ4v) is 5.67. The van der Waals surface area contributed by atoms with Gasteiger partial charge in [-0.25, -0.2) is 8.42 Å². The van der Waals surface area contributed by atoms with Crippen LogP contribution in [0.4, 0.5) is 0 Å². The molecule has 0 aliphatic heterocycles. The van der Waals surface area contributed by atoms with E-state index in [0.29, 0.717) is 29.6 Å². The molecule has 33 heavy (non-hydrogen) atoms. The predicted molar refractivity (Wildman–Crippen MR) is 130 cm³/mol. The van der Waals surface area contributed by atoms with Gasteiger partial charge in [0.25, 0.3) is 0 Å². The Balaban J connectivity index is 1.70. The Labute approximate surface area is 199 Å². The van der Waals surface area contributed by atoms with Crippen molar-refractivity contribution in [2.24, 2.45) is 7.05 Å². The quantitative estimate of drug-likeness (QED) is 0.440. The lowest BCUT2D eigenvalue weighted by Crippen LogP contribution is -2.30. The molecule has 1 aromatic heterocycles. The van der Waals surface area contributed by atoms with E-state index >= 15 is 0 Å². The van der Waals surface area contributed by atoms with Gasteiger partial charge >= 0.3 is 0 Å². The third-order valence-corrected chi connectivity index (χ3v) is 8.35. The maximum absolute atomic E-state index is 12.9. The summed E-state index contributed by atoms with van der Waals surface area (Å²) in [5, 5.41) is 12.0. The Morgan fingerprint density at radius 2 is 1.79 bits per heavy atom. The zero-order valence-corrected chi connectivity index (χ0v) is 20.9. The minimum atomic E-state index is -3.58. The lowest BCUT2D eigenvalue weighted by Gasteiger charge is -2.18. The number of sulfonamides is 1. The van der Waals surface area contributed by atoms with Crippen molar-refractivity contribution in [3.8, 4) is 11.4 Å². The molecule has 0 aliphatic rings. The van der Waals surface area contributed by atoms with Gasteiger partial charge in [0.2, 0.25) is 15.9 Å². The molecule has 0 bridgehead atoms. The van der Waals surface area contributed by atoms with E-state index in [-0.39, 0.29) is 22.6 Å². The van der Waals surface area contributed by atoms with Crippen LogP contribution in [0.25, 0.3) is 11.4 Å². The number of hydrogen-bond acceptors (Lipinski definition) is 6. The molecule has 0 saturated heterocycles. The van der Waals surface area contributed by atoms with Gasteiger partial charge in [-0.15, -0.1) is 10.2 Å². The van der Waals surface area contributed by atoms with E-state index in [9.17, 15) is 13.2 Å². The molecule has 3 aromatic rings. The van der Waals surface area contributed by atoms with Gasteiger partial charge in [-0.2, -0.15) is 4.31 Å². The van der Waals surface area contributed by atoms with Crippen LogP contribution in [0.3, 0.4) is 0 Å². The highest BCUT2D eigenvalue weighted by Gasteiger charge is 2.23. The molecule has 0 aliphatic carbocycles. The van der Waals surface area contributed by atoms with Gasteiger partial charge in [-0.3, -0.25) is 4.79 Å². The summed E-state index contributed by atoms with van der Waals surface area (Å²) < 4.78 is 28.9. The average molecular weight is 488 g/mol. The average Bonchev–Trinajstić information content (AvgIpc) is 3.19. The summed E-state index contributed by atoms with van der Waals surface area (Å²) in [6.45, 7) is 6.37. The Morgan fingerprint density at radius 3 is 2.45 bits per heavy atom. The lowest BCUT2D eigenvalue weighted by molar-refractivity contribution is -0.119. The lowest BCUT2D eigenvalue weighted by atomic mass is 10.1. The smallest absolute Gasteiger partial charge is 0.243 e. The van der Waals surface area contributed by atoms with Crippen LogP contribution in [0, 0.1) is 0 Å². The van der Waals surface area contributed by atoms with Gasteiger partial charge in [0.15, 0.2) is 11.0 Å². The predicted octanol–water partition coefficient (Wildman–Crippen LogP) is 3.48. The van der Waals surface area contributed by atoms with E-state index in [4.69, 9.17) is 0 Å². The van der Waals surface area contributed by atoms with Crippen LogP contribution in [-0.4, -0.2) is 52.2 Å². The molecule has 0 radical (unpaired) electrons. The van der Waals surface area contributed by atoms with Crippen LogP contribution in [-0.2, 0) is 21.9 Å². The number of hydrogen-bond donors (Lipinski definition) is 1. The molecular formula is C23H29N5O3S2. The van der Waals surface area contributed by atoms with Crippen molar-refractivity contribution in [1.82, 2.24) is 24.4 Å². The molecule has 0 unspecified atom stereocenters. The Kier molecular flexibility index (Phi) is 8.28. The molecule has 1 N–H and O–H groups in total. The Hall–Kier alpha value is -2.69. The zero-order chi connectivity index (χ0) is 24.0. The van der Waals surface area contributed by atoms with E-state index in [1.165, 1.54) is 16.1 Å². The fraction of sp³-hybridized carbons (Fsp3) is 0.348. The summed E-state index contributed by atoms with van der Waals surface area (Å²) in [4.78, 5) is 12.6. The van der Waals surface area contributed by atoms with E-state index in [2.05, 4.69) is 15.5 Å². The third-order valence-electron chi connectivity index (χ3n) is 5.28. The molecule has 10 heteroatoms. The van der Waals surface area contributed by atoms with E-state index in [0.717, 1.165) is 5.56 Å². The molecule has 0 saturated carbocycles. The van der Waals surface area contributed by atoms with Gasteiger partial charge in [0.05, 0.1) is 16.7 Å². The van der Waals surface area contributed by atoms with E-state index < -0.39 is 10.0 Å². The van der Waals surface area contributed by atoms with Crippen molar-refractivity contribution in [2.45, 2.75) is 36.9 Å². The molecule has 0 fully saturated rings. The maximum atomic E-state index is 12.9. The number of carbonyl (C=O) groups excluding carboxylic acids is 1. The van der Waals surface area contributed by atoms with Crippen LogP contribution in [0.5, 0.6) is 0 Å². The molecule has 2 aromatic carbocycles. The van der Waals surface area contributed by atoms with Crippen molar-refractivity contribution < 1.29 is 13.2 Å². The highest BCUT2D eigenvalue weighted by Crippen LogP contribution is 2.26. The highest BCUT2D eigenvalue weighted by atomic mass is 32.2. The highest BCUT2D eigenvalue weighted by molar-refractivity contribution is 7.99. The molecule has 3 rings (SSSR count). The number of thioether (sulfide) groups is 1. The summed E-state index contributed by atoms with van der Waals surface area (Å²) in [7, 11) is -1.78. The molecule has 1 atom stereocenters. The van der Waals surface area contributed by atoms with Gasteiger partial charge < -0.3 is 9.88 Å². The summed E-state index contributed by atoms with van der Waals surface area (Å²) in [5.74, 6) is 0.625. The first-order valence-corrected chi connectivity index (χ1v) is 13.2. The molecule has 0 spiro atoms. The normalized spacial score (nSPS) is 12.6. The second-order valence-electron chi connectivity index (χ2n) is 7.47. The summed E-state index contributed by atoms with van der Waals surface area (Å²) >= 11 is 1.28. The van der Waals surface area contributed by atoms with Crippen molar-refractivity contribution in [3.05, 3.63) is 60.2 Å². The van der Waals surface area contributed by atoms with E-state index in [1.54, 1.807) is 35.9 Å². The van der Waals surface area contributed by atoms with Crippen molar-refractivity contribution in [3.63, 3.8) is 0 Å². The number of benzene rings is 2. The second kappa shape index (κ2) is 11.0. The van der Waals surface area contributed by atoms with Crippen LogP contribution in [0.15, 0.2) is 64.6 Å². The topological polar surface area (TPSA) is 97.2 Å². The molecule has 8 nitrogen and oxygen atoms in total. The number of nitrogens with one attached hydrogen (secondary N) is 1. The number of rotatable bonds is 10. The molecule has 1 heterocycles. The van der Waals surface area contributed by atoms with Crippen LogP contribution in [0.2, 0.25) is 0 Å². The largest absolute Gasteiger partial charge is 0.349 e. The minimum Gasteiger partial charge on any atom is -0.349 e. The first kappa shape index (κ1) is 24.9. The van der Waals surface area contributed by atoms with Gasteiger partial charge in [-0.05, 0) is 24.6 Å².